The standard InChI is InChI=1S/C14H14Cl2N6O2/c1-2-3-4-22-9-10(15)17-12(16)18-11(9)19-13(22)20-5-7-21(8-6-20)14(23)24/h4-8H2,1H3,(H,23,24). The number of nitrogens with zero attached hydrogens (tertiary/aromatic N) is 6. The van der Waals surface area contributed by atoms with E-state index in [1.165, 1.54) is 4.90 Å². The molecule has 3 heterocycles. The molecule has 1 fully saturated rings. The van der Waals surface area contributed by atoms with Crippen LogP contribution in [0.1, 0.15) is 6.92 Å². The zero-order valence-corrected chi connectivity index (χ0v) is 14.3. The molecule has 1 N–H and O–H groups in total. The molecule has 8 nitrogen and oxygen atoms in total. The Labute approximate surface area is 148 Å². The number of carbonyl (C=O) groups is 1. The zero-order valence-electron chi connectivity index (χ0n) is 12.8. The molecular formula is C14H14Cl2N6O2. The van der Waals surface area contributed by atoms with E-state index in [0.29, 0.717) is 49.8 Å². The molecule has 10 heteroatoms. The molecule has 0 aromatic carbocycles. The molecule has 24 heavy (non-hydrogen) atoms. The molecule has 0 bridgehead atoms. The van der Waals surface area contributed by atoms with Crippen LogP contribution < -0.4 is 4.90 Å². The number of hydrogen-bond acceptors (Lipinski definition) is 5. The molecule has 1 saturated heterocycles. The fourth-order valence-electron chi connectivity index (χ4n) is 2.60. The maximum Gasteiger partial charge on any atom is 0.407 e. The summed E-state index contributed by atoms with van der Waals surface area (Å²) < 4.78 is 1.83. The van der Waals surface area contributed by atoms with Crippen LogP contribution in [0.5, 0.6) is 0 Å². The summed E-state index contributed by atoms with van der Waals surface area (Å²) in [6.07, 6.45) is -0.916. The minimum absolute atomic E-state index is 0.0287. The molecule has 0 spiro atoms. The number of fused-ring (bicyclic) bond motifs is 1. The van der Waals surface area contributed by atoms with Gasteiger partial charge in [-0.3, -0.25) is 4.57 Å². The van der Waals surface area contributed by atoms with Gasteiger partial charge in [0.25, 0.3) is 0 Å². The van der Waals surface area contributed by atoms with Gasteiger partial charge in [0.15, 0.2) is 10.8 Å². The smallest absolute Gasteiger partial charge is 0.407 e. The molecule has 1 aliphatic heterocycles. The normalized spacial score (nSPS) is 14.6. The van der Waals surface area contributed by atoms with Gasteiger partial charge in [0.2, 0.25) is 11.2 Å². The van der Waals surface area contributed by atoms with E-state index in [0.717, 1.165) is 0 Å². The maximum atomic E-state index is 11.0. The topological polar surface area (TPSA) is 87.4 Å². The molecule has 0 aliphatic carbocycles. The molecule has 1 aliphatic rings. The molecule has 126 valence electrons. The Balaban J connectivity index is 2.02. The van der Waals surface area contributed by atoms with Crippen molar-refractivity contribution < 1.29 is 9.90 Å². The number of amides is 1. The van der Waals surface area contributed by atoms with Crippen molar-refractivity contribution in [1.82, 2.24) is 24.4 Å². The number of imidazole rings is 1. The number of rotatable bonds is 2. The van der Waals surface area contributed by atoms with Crippen LogP contribution in [-0.2, 0) is 6.54 Å². The highest BCUT2D eigenvalue weighted by Crippen LogP contribution is 2.28. The van der Waals surface area contributed by atoms with E-state index in [1.54, 1.807) is 6.92 Å². The van der Waals surface area contributed by atoms with E-state index in [2.05, 4.69) is 26.8 Å². The summed E-state index contributed by atoms with van der Waals surface area (Å²) in [6, 6.07) is 0. The number of hydrogen-bond donors (Lipinski definition) is 1. The van der Waals surface area contributed by atoms with Crippen molar-refractivity contribution in [2.45, 2.75) is 13.5 Å². The molecule has 3 rings (SSSR count). The van der Waals surface area contributed by atoms with Crippen molar-refractivity contribution in [2.24, 2.45) is 0 Å². The number of aromatic nitrogens is 4. The second-order valence-electron chi connectivity index (χ2n) is 5.14. The average molecular weight is 369 g/mol. The second kappa shape index (κ2) is 6.71. The van der Waals surface area contributed by atoms with Crippen LogP contribution >= 0.6 is 23.2 Å². The van der Waals surface area contributed by atoms with Crippen molar-refractivity contribution in [3.05, 3.63) is 10.4 Å². The zero-order chi connectivity index (χ0) is 17.3. The van der Waals surface area contributed by atoms with Crippen LogP contribution in [-0.4, -0.2) is 61.8 Å². The maximum absolute atomic E-state index is 11.0. The molecule has 0 radical (unpaired) electrons. The van der Waals surface area contributed by atoms with Gasteiger partial charge >= 0.3 is 6.09 Å². The lowest BCUT2D eigenvalue weighted by atomic mass is 10.3. The van der Waals surface area contributed by atoms with Gasteiger partial charge in [-0.25, -0.2) is 9.78 Å². The third-order valence-electron chi connectivity index (χ3n) is 3.76. The molecule has 1 amide bonds. The van der Waals surface area contributed by atoms with Gasteiger partial charge < -0.3 is 14.9 Å². The third-order valence-corrected chi connectivity index (χ3v) is 4.19. The predicted octanol–water partition coefficient (Wildman–Crippen LogP) is 1.96. The Bertz CT molecular complexity index is 848. The Kier molecular flexibility index (Phi) is 4.64. The number of piperazine rings is 1. The van der Waals surface area contributed by atoms with Gasteiger partial charge in [0, 0.05) is 26.2 Å². The van der Waals surface area contributed by atoms with E-state index in [-0.39, 0.29) is 10.4 Å². The molecule has 0 saturated carbocycles. The van der Waals surface area contributed by atoms with Gasteiger partial charge in [0.1, 0.15) is 5.52 Å². The van der Waals surface area contributed by atoms with Crippen LogP contribution in [0.15, 0.2) is 0 Å². The Morgan fingerprint density at radius 1 is 1.21 bits per heavy atom. The van der Waals surface area contributed by atoms with Crippen molar-refractivity contribution in [3.8, 4) is 11.8 Å². The lowest BCUT2D eigenvalue weighted by Gasteiger charge is -2.33. The average Bonchev–Trinajstić information content (AvgIpc) is 2.91. The summed E-state index contributed by atoms with van der Waals surface area (Å²) >= 11 is 12.1. The number of carboxylic acid groups (broad SMARTS) is 1. The van der Waals surface area contributed by atoms with E-state index in [9.17, 15) is 4.79 Å². The monoisotopic (exact) mass is 368 g/mol. The van der Waals surface area contributed by atoms with Crippen molar-refractivity contribution in [3.63, 3.8) is 0 Å². The van der Waals surface area contributed by atoms with E-state index in [1.807, 2.05) is 9.47 Å². The van der Waals surface area contributed by atoms with Gasteiger partial charge in [0.05, 0.1) is 6.54 Å². The molecule has 0 unspecified atom stereocenters. The van der Waals surface area contributed by atoms with E-state index in [4.69, 9.17) is 28.3 Å². The fraction of sp³-hybridized carbons (Fsp3) is 0.429. The summed E-state index contributed by atoms with van der Waals surface area (Å²) in [5.74, 6) is 6.46. The minimum atomic E-state index is -0.916. The molecular weight excluding hydrogens is 355 g/mol. The highest BCUT2D eigenvalue weighted by atomic mass is 35.5. The van der Waals surface area contributed by atoms with Gasteiger partial charge in [-0.1, -0.05) is 17.5 Å². The first kappa shape index (κ1) is 16.6. The van der Waals surface area contributed by atoms with Crippen molar-refractivity contribution in [1.29, 1.82) is 0 Å². The summed E-state index contributed by atoms with van der Waals surface area (Å²) in [6.45, 7) is 3.98. The fourth-order valence-corrected chi connectivity index (χ4v) is 3.08. The Morgan fingerprint density at radius 2 is 1.92 bits per heavy atom. The van der Waals surface area contributed by atoms with Crippen molar-refractivity contribution in [2.75, 3.05) is 31.1 Å². The van der Waals surface area contributed by atoms with Gasteiger partial charge in [-0.15, -0.1) is 5.92 Å². The second-order valence-corrected chi connectivity index (χ2v) is 5.83. The van der Waals surface area contributed by atoms with Gasteiger partial charge in [-0.2, -0.15) is 9.97 Å². The Hall–Kier alpha value is -2.24. The lowest BCUT2D eigenvalue weighted by molar-refractivity contribution is 0.142. The first-order chi connectivity index (χ1) is 11.5. The van der Waals surface area contributed by atoms with Crippen LogP contribution in [0.4, 0.5) is 10.7 Å². The quantitative estimate of drug-likeness (QED) is 0.495. The highest BCUT2D eigenvalue weighted by molar-refractivity contribution is 6.35. The van der Waals surface area contributed by atoms with E-state index < -0.39 is 6.09 Å². The SMILES string of the molecule is CC#CCn1c(N2CCN(C(=O)O)CC2)nc2nc(Cl)nc(Cl)c21. The molecule has 2 aromatic rings. The lowest BCUT2D eigenvalue weighted by Crippen LogP contribution is -2.49. The summed E-state index contributed by atoms with van der Waals surface area (Å²) in [5.41, 5.74) is 0.966. The summed E-state index contributed by atoms with van der Waals surface area (Å²) in [7, 11) is 0. The van der Waals surface area contributed by atoms with Crippen LogP contribution in [0.25, 0.3) is 11.2 Å². The summed E-state index contributed by atoms with van der Waals surface area (Å²) in [4.78, 5) is 27.0. The first-order valence-corrected chi connectivity index (χ1v) is 7.98. The third kappa shape index (κ3) is 3.05. The number of anilines is 1. The molecule has 0 atom stereocenters. The number of halogens is 2. The first-order valence-electron chi connectivity index (χ1n) is 7.23. The van der Waals surface area contributed by atoms with Gasteiger partial charge in [-0.05, 0) is 18.5 Å². The van der Waals surface area contributed by atoms with Crippen LogP contribution in [0.2, 0.25) is 10.4 Å². The Morgan fingerprint density at radius 3 is 2.54 bits per heavy atom. The summed E-state index contributed by atoms with van der Waals surface area (Å²) in [5, 5.41) is 9.31. The molecule has 2 aromatic heterocycles. The highest BCUT2D eigenvalue weighted by Gasteiger charge is 2.26. The van der Waals surface area contributed by atoms with Crippen LogP contribution in [0, 0.1) is 11.8 Å². The largest absolute Gasteiger partial charge is 0.465 e. The van der Waals surface area contributed by atoms with Crippen molar-refractivity contribution >= 4 is 46.4 Å². The minimum Gasteiger partial charge on any atom is -0.465 e. The predicted molar refractivity (Wildman–Crippen MR) is 90.6 cm³/mol. The van der Waals surface area contributed by atoms with E-state index >= 15 is 0 Å². The van der Waals surface area contributed by atoms with Crippen LogP contribution in [0.3, 0.4) is 0 Å².